The van der Waals surface area contributed by atoms with Gasteiger partial charge in [-0.15, -0.1) is 0 Å². The molecule has 0 bridgehead atoms. The van der Waals surface area contributed by atoms with Crippen molar-refractivity contribution in [3.8, 4) is 5.75 Å². The minimum absolute atomic E-state index is 0.128. The maximum atomic E-state index is 12.6. The predicted octanol–water partition coefficient (Wildman–Crippen LogP) is 4.61. The van der Waals surface area contributed by atoms with Gasteiger partial charge in [0.05, 0.1) is 25.1 Å². The number of ether oxygens (including phenoxy) is 2. The molecule has 12 heteroatoms. The summed E-state index contributed by atoms with van der Waals surface area (Å²) in [6.07, 6.45) is 3.02. The third-order valence-corrected chi connectivity index (χ3v) is 7.58. The lowest BCUT2D eigenvalue weighted by atomic mass is 9.99. The molecule has 1 fully saturated rings. The van der Waals surface area contributed by atoms with Crippen LogP contribution in [0.15, 0.2) is 43.0 Å². The third kappa shape index (κ3) is 6.96. The van der Waals surface area contributed by atoms with Crippen LogP contribution in [0.3, 0.4) is 0 Å². The number of nitrogens with two attached hydrogens (primary N) is 1. The van der Waals surface area contributed by atoms with Crippen molar-refractivity contribution < 1.29 is 23.3 Å². The Bertz CT molecular complexity index is 1220. The van der Waals surface area contributed by atoms with E-state index in [9.17, 15) is 4.79 Å². The number of nitrogens with zero attached hydrogens (tertiary/aromatic N) is 4. The highest BCUT2D eigenvalue weighted by Gasteiger charge is 2.39. The highest BCUT2D eigenvalue weighted by atomic mass is 31.2. The lowest BCUT2D eigenvalue weighted by Gasteiger charge is -2.27. The number of fused-ring (bicyclic) bond motifs is 1. The summed E-state index contributed by atoms with van der Waals surface area (Å²) in [5, 5.41) is 3.18. The number of nitrogens with one attached hydrogen (secondary N) is 1. The van der Waals surface area contributed by atoms with Gasteiger partial charge in [-0.2, -0.15) is 0 Å². The number of carbonyl (C=O) groups is 1. The van der Waals surface area contributed by atoms with Crippen molar-refractivity contribution in [2.24, 2.45) is 11.3 Å². The molecular formula is C26H37N6O5P. The number of anilines is 1. The van der Waals surface area contributed by atoms with Gasteiger partial charge >= 0.3 is 14.5 Å². The number of benzene rings is 1. The lowest BCUT2D eigenvalue weighted by Crippen LogP contribution is -2.36. The molecule has 206 valence electrons. The van der Waals surface area contributed by atoms with Gasteiger partial charge in [0.2, 0.25) is 0 Å². The molecule has 3 aromatic rings. The number of esters is 1. The summed E-state index contributed by atoms with van der Waals surface area (Å²) < 4.78 is 26.3. The van der Waals surface area contributed by atoms with Gasteiger partial charge in [-0.1, -0.05) is 45.9 Å². The fourth-order valence-electron chi connectivity index (χ4n) is 4.05. The fourth-order valence-corrected chi connectivity index (χ4v) is 5.38. The smallest absolute Gasteiger partial charge is 0.323 e. The quantitative estimate of drug-likeness (QED) is 0.275. The van der Waals surface area contributed by atoms with Crippen molar-refractivity contribution in [2.45, 2.75) is 72.4 Å². The molecule has 0 radical (unpaired) electrons. The Morgan fingerprint density at radius 1 is 1.24 bits per heavy atom. The molecule has 1 saturated heterocycles. The Kier molecular flexibility index (Phi) is 8.82. The van der Waals surface area contributed by atoms with Gasteiger partial charge in [-0.3, -0.25) is 9.36 Å². The molecule has 1 aliphatic heterocycles. The van der Waals surface area contributed by atoms with E-state index >= 15 is 0 Å². The van der Waals surface area contributed by atoms with E-state index in [1.54, 1.807) is 13.3 Å². The van der Waals surface area contributed by atoms with E-state index in [0.717, 1.165) is 6.42 Å². The number of aromatic nitrogens is 4. The summed E-state index contributed by atoms with van der Waals surface area (Å²) in [4.78, 5) is 25.4. The van der Waals surface area contributed by atoms with Crippen LogP contribution in [0, 0.1) is 11.3 Å². The molecule has 6 unspecified atom stereocenters. The lowest BCUT2D eigenvalue weighted by molar-refractivity contribution is -0.148. The van der Waals surface area contributed by atoms with Crippen molar-refractivity contribution in [1.82, 2.24) is 24.6 Å². The van der Waals surface area contributed by atoms with Crippen molar-refractivity contribution in [3.05, 3.63) is 43.0 Å². The molecule has 0 aliphatic carbocycles. The van der Waals surface area contributed by atoms with Crippen LogP contribution < -0.4 is 15.3 Å². The third-order valence-electron chi connectivity index (χ3n) is 6.08. The van der Waals surface area contributed by atoms with Crippen LogP contribution >= 0.6 is 8.53 Å². The minimum atomic E-state index is -1.70. The maximum Gasteiger partial charge on any atom is 0.323 e. The molecular weight excluding hydrogens is 507 g/mol. The molecule has 1 aliphatic rings. The number of rotatable bonds is 10. The molecule has 2 aromatic heterocycles. The van der Waals surface area contributed by atoms with E-state index in [4.69, 9.17) is 24.3 Å². The molecule has 3 N–H and O–H groups in total. The van der Waals surface area contributed by atoms with E-state index in [0.29, 0.717) is 29.3 Å². The monoisotopic (exact) mass is 544 g/mol. The van der Waals surface area contributed by atoms with E-state index < -0.39 is 14.6 Å². The van der Waals surface area contributed by atoms with Gasteiger partial charge in [-0.25, -0.2) is 20.0 Å². The first-order chi connectivity index (χ1) is 18.0. The van der Waals surface area contributed by atoms with Crippen molar-refractivity contribution in [1.29, 1.82) is 0 Å². The minimum Gasteiger partial charge on any atom is -0.464 e. The first-order valence-electron chi connectivity index (χ1n) is 12.7. The van der Waals surface area contributed by atoms with Gasteiger partial charge in [0.1, 0.15) is 29.9 Å². The number of nitrogen functional groups attached to an aromatic ring is 1. The van der Waals surface area contributed by atoms with Crippen molar-refractivity contribution in [2.75, 3.05) is 12.3 Å². The molecule has 0 spiro atoms. The molecule has 0 saturated carbocycles. The van der Waals surface area contributed by atoms with Crippen LogP contribution in [-0.4, -0.2) is 50.3 Å². The average Bonchev–Trinajstić information content (AvgIpc) is 3.46. The summed E-state index contributed by atoms with van der Waals surface area (Å²) in [6, 6.07) is 8.73. The maximum absolute atomic E-state index is 12.6. The summed E-state index contributed by atoms with van der Waals surface area (Å²) >= 11 is 0. The topological polar surface area (TPSA) is 136 Å². The van der Waals surface area contributed by atoms with Gasteiger partial charge < -0.3 is 24.3 Å². The van der Waals surface area contributed by atoms with Crippen molar-refractivity contribution in [3.63, 3.8) is 0 Å². The molecule has 38 heavy (non-hydrogen) atoms. The van der Waals surface area contributed by atoms with Gasteiger partial charge in [-0.05, 0) is 37.8 Å². The van der Waals surface area contributed by atoms with Gasteiger partial charge in [0.25, 0.3) is 0 Å². The van der Waals surface area contributed by atoms with Crippen LogP contribution in [0.2, 0.25) is 0 Å². The molecule has 6 atom stereocenters. The summed E-state index contributed by atoms with van der Waals surface area (Å²) in [7, 11) is -1.70. The van der Waals surface area contributed by atoms with Crippen LogP contribution in [0.25, 0.3) is 11.2 Å². The predicted molar refractivity (Wildman–Crippen MR) is 145 cm³/mol. The first kappa shape index (κ1) is 28.2. The second kappa shape index (κ2) is 11.9. The van der Waals surface area contributed by atoms with E-state index in [1.807, 2.05) is 62.6 Å². The summed E-state index contributed by atoms with van der Waals surface area (Å²) in [6.45, 7) is 12.2. The Balaban J connectivity index is 1.44. The van der Waals surface area contributed by atoms with E-state index in [-0.39, 0.29) is 35.7 Å². The zero-order chi connectivity index (χ0) is 27.4. The van der Waals surface area contributed by atoms with Crippen LogP contribution in [0.5, 0.6) is 5.75 Å². The number of imidazole rings is 1. The first-order valence-corrected chi connectivity index (χ1v) is 13.9. The largest absolute Gasteiger partial charge is 0.464 e. The number of hydrogen-bond donors (Lipinski definition) is 2. The molecule has 3 heterocycles. The van der Waals surface area contributed by atoms with Crippen LogP contribution in [0.1, 0.15) is 54.2 Å². The second-order valence-electron chi connectivity index (χ2n) is 10.9. The number of hydrogen-bond acceptors (Lipinski definition) is 10. The Labute approximate surface area is 224 Å². The molecule has 11 nitrogen and oxygen atoms in total. The average molecular weight is 545 g/mol. The summed E-state index contributed by atoms with van der Waals surface area (Å²) in [5.74, 6) is 0.770. The highest BCUT2D eigenvalue weighted by molar-refractivity contribution is 7.45. The highest BCUT2D eigenvalue weighted by Crippen LogP contribution is 2.43. The second-order valence-corrected chi connectivity index (χ2v) is 12.0. The zero-order valence-electron chi connectivity index (χ0n) is 22.7. The zero-order valence-corrected chi connectivity index (χ0v) is 23.6. The molecule has 1 aromatic carbocycles. The van der Waals surface area contributed by atoms with E-state index in [2.05, 4.69) is 27.0 Å². The van der Waals surface area contributed by atoms with Gasteiger partial charge in [0, 0.05) is 5.92 Å². The van der Waals surface area contributed by atoms with Gasteiger partial charge in [0.15, 0.2) is 11.5 Å². The number of carbonyl (C=O) groups excluding carboxylic acids is 1. The Hall–Kier alpha value is -2.85. The summed E-state index contributed by atoms with van der Waals surface area (Å²) in [5.41, 5.74) is 7.01. The Morgan fingerprint density at radius 2 is 1.97 bits per heavy atom. The van der Waals surface area contributed by atoms with Crippen LogP contribution in [0.4, 0.5) is 5.82 Å². The normalized spacial score (nSPS) is 22.2. The Morgan fingerprint density at radius 3 is 2.68 bits per heavy atom. The molecule has 0 amide bonds. The number of para-hydroxylation sites is 1. The standard InChI is InChI=1S/C26H37N6O5P/c1-16-12-20(35-24(16)32-15-30-21-22(27)28-14-29-23(21)32)18(3)36-38(37-19-10-8-7-9-11-19)31-17(2)25(33)34-13-26(4,5)6/h7-11,14-18,20,24,31H,12-13H2,1-6H3,(H2,27,28,29). The van der Waals surface area contributed by atoms with Crippen LogP contribution in [-0.2, 0) is 18.8 Å². The van der Waals surface area contributed by atoms with Crippen molar-refractivity contribution >= 4 is 31.5 Å². The van der Waals surface area contributed by atoms with E-state index in [1.165, 1.54) is 6.33 Å². The fraction of sp³-hybridized carbons (Fsp3) is 0.538. The molecule has 4 rings (SSSR count). The SMILES string of the molecule is CC(NP(Oc1ccccc1)OC(C)C1CC(C)C(n2cnc3c(N)ncnc32)O1)C(=O)OCC(C)(C)C.